The molecule has 0 spiro atoms. The number of aromatic carboxylic acids is 1. The van der Waals surface area contributed by atoms with E-state index < -0.39 is 17.7 Å². The van der Waals surface area contributed by atoms with Gasteiger partial charge in [-0.1, -0.05) is 18.2 Å². The second-order valence-electron chi connectivity index (χ2n) is 6.60. The number of carboxylic acids is 1. The van der Waals surface area contributed by atoms with Crippen molar-refractivity contribution in [1.29, 1.82) is 0 Å². The van der Waals surface area contributed by atoms with E-state index in [9.17, 15) is 24.2 Å². The van der Waals surface area contributed by atoms with Crippen molar-refractivity contribution < 1.29 is 28.9 Å². The number of carboxylic acid groups (broad SMARTS) is 1. The summed E-state index contributed by atoms with van der Waals surface area (Å²) in [6.45, 7) is 0. The van der Waals surface area contributed by atoms with Gasteiger partial charge in [-0.25, -0.2) is 9.18 Å². The number of carbonyl (C=O) groups is 2. The number of ether oxygens (including phenoxy) is 1. The third-order valence-electron chi connectivity index (χ3n) is 4.82. The van der Waals surface area contributed by atoms with Gasteiger partial charge in [0.05, 0.1) is 12.8 Å². The van der Waals surface area contributed by atoms with Gasteiger partial charge >= 0.3 is 5.97 Å². The number of methoxy groups -OCH3 is 1. The summed E-state index contributed by atoms with van der Waals surface area (Å²) in [6.07, 6.45) is 0.0981. The van der Waals surface area contributed by atoms with Crippen LogP contribution in [0.5, 0.6) is 11.5 Å². The van der Waals surface area contributed by atoms with Crippen LogP contribution in [0.1, 0.15) is 32.5 Å². The Morgan fingerprint density at radius 1 is 1.28 bits per heavy atom. The number of benzene rings is 2. The number of aromatic hydroxyl groups is 1. The number of halogens is 1. The quantitative estimate of drug-likeness (QED) is 0.588. The molecule has 1 aliphatic rings. The lowest BCUT2D eigenvalue weighted by Gasteiger charge is -2.24. The van der Waals surface area contributed by atoms with Crippen LogP contribution in [0.4, 0.5) is 10.1 Å². The van der Waals surface area contributed by atoms with Gasteiger partial charge in [-0.05, 0) is 35.4 Å². The summed E-state index contributed by atoms with van der Waals surface area (Å²) in [4.78, 5) is 25.0. The number of amides is 1. The van der Waals surface area contributed by atoms with E-state index in [0.29, 0.717) is 27.4 Å². The first-order valence-corrected chi connectivity index (χ1v) is 9.53. The Morgan fingerprint density at radius 3 is 2.72 bits per heavy atom. The van der Waals surface area contributed by atoms with Crippen LogP contribution in [0, 0.1) is 5.82 Å². The fraction of sp³-hybridized carbons (Fsp3) is 0.143. The number of hydrogen-bond donors (Lipinski definition) is 3. The Hall–Kier alpha value is -3.39. The fourth-order valence-corrected chi connectivity index (χ4v) is 4.80. The Balaban J connectivity index is 1.92. The van der Waals surface area contributed by atoms with Gasteiger partial charge in [0.2, 0.25) is 5.91 Å². The molecule has 0 aliphatic carbocycles. The van der Waals surface area contributed by atoms with Crippen molar-refractivity contribution in [2.24, 2.45) is 0 Å². The molecule has 4 rings (SSSR count). The molecule has 8 heteroatoms. The maximum atomic E-state index is 13.8. The maximum absolute atomic E-state index is 13.8. The highest BCUT2D eigenvalue weighted by molar-refractivity contribution is 7.15. The molecule has 0 saturated heterocycles. The van der Waals surface area contributed by atoms with Crippen molar-refractivity contribution in [2.75, 3.05) is 12.4 Å². The van der Waals surface area contributed by atoms with Crippen LogP contribution < -0.4 is 10.1 Å². The zero-order valence-corrected chi connectivity index (χ0v) is 16.0. The average molecular weight is 413 g/mol. The molecule has 1 aromatic heterocycles. The van der Waals surface area contributed by atoms with Crippen LogP contribution in [-0.2, 0) is 4.79 Å². The largest absolute Gasteiger partial charge is 0.504 e. The minimum Gasteiger partial charge on any atom is -0.504 e. The molecule has 6 nitrogen and oxygen atoms in total. The van der Waals surface area contributed by atoms with E-state index in [-0.39, 0.29) is 28.5 Å². The molecule has 2 heterocycles. The Bertz CT molecular complexity index is 1140. The summed E-state index contributed by atoms with van der Waals surface area (Å²) in [5, 5.41) is 22.6. The van der Waals surface area contributed by atoms with Gasteiger partial charge < -0.3 is 20.3 Å². The monoisotopic (exact) mass is 413 g/mol. The number of phenolic OH excluding ortho intramolecular Hbond substituents is 1. The normalized spacial score (nSPS) is 15.5. The minimum atomic E-state index is -1.16. The van der Waals surface area contributed by atoms with Crippen molar-refractivity contribution in [3.8, 4) is 22.6 Å². The van der Waals surface area contributed by atoms with Gasteiger partial charge in [0.1, 0.15) is 10.7 Å². The Morgan fingerprint density at radius 2 is 2.07 bits per heavy atom. The second-order valence-corrected chi connectivity index (χ2v) is 7.65. The highest BCUT2D eigenvalue weighted by Gasteiger charge is 2.34. The van der Waals surface area contributed by atoms with Crippen LogP contribution in [0.25, 0.3) is 11.1 Å². The number of carbonyl (C=O) groups excluding carboxylic acids is 1. The third kappa shape index (κ3) is 3.31. The predicted octanol–water partition coefficient (Wildman–Crippen LogP) is 4.44. The summed E-state index contributed by atoms with van der Waals surface area (Å²) in [5.74, 6) is -2.16. The van der Waals surface area contributed by atoms with E-state index in [2.05, 4.69) is 5.32 Å². The molecule has 3 aromatic rings. The third-order valence-corrected chi connectivity index (χ3v) is 6.11. The predicted molar refractivity (Wildman–Crippen MR) is 106 cm³/mol. The van der Waals surface area contributed by atoms with Crippen molar-refractivity contribution in [3.05, 3.63) is 63.6 Å². The first-order valence-electron chi connectivity index (χ1n) is 8.71. The summed E-state index contributed by atoms with van der Waals surface area (Å²) in [5.41, 5.74) is 1.68. The average Bonchev–Trinajstić information content (AvgIpc) is 3.07. The van der Waals surface area contributed by atoms with E-state index in [1.807, 2.05) is 0 Å². The smallest absolute Gasteiger partial charge is 0.346 e. The summed E-state index contributed by atoms with van der Waals surface area (Å²) >= 11 is 1.04. The molecule has 0 saturated carbocycles. The van der Waals surface area contributed by atoms with Crippen LogP contribution in [0.15, 0.2) is 42.5 Å². The fourth-order valence-electron chi connectivity index (χ4n) is 3.55. The zero-order valence-electron chi connectivity index (χ0n) is 15.2. The number of fused-ring (bicyclic) bond motifs is 1. The molecule has 0 fully saturated rings. The molecule has 2 aromatic carbocycles. The molecule has 0 bridgehead atoms. The molecule has 1 unspecified atom stereocenters. The van der Waals surface area contributed by atoms with Gasteiger partial charge in [0.15, 0.2) is 11.5 Å². The first kappa shape index (κ1) is 18.9. The lowest BCUT2D eigenvalue weighted by molar-refractivity contribution is -0.116. The van der Waals surface area contributed by atoms with Crippen molar-refractivity contribution in [1.82, 2.24) is 0 Å². The topological polar surface area (TPSA) is 95.9 Å². The number of anilines is 1. The zero-order chi connectivity index (χ0) is 20.7. The minimum absolute atomic E-state index is 0.0190. The maximum Gasteiger partial charge on any atom is 0.346 e. The number of phenols is 1. The highest BCUT2D eigenvalue weighted by Crippen LogP contribution is 2.50. The highest BCUT2D eigenvalue weighted by atomic mass is 32.1. The molecule has 3 N–H and O–H groups in total. The van der Waals surface area contributed by atoms with Crippen LogP contribution in [0.2, 0.25) is 0 Å². The van der Waals surface area contributed by atoms with Gasteiger partial charge in [-0.15, -0.1) is 11.3 Å². The van der Waals surface area contributed by atoms with Crippen molar-refractivity contribution >= 4 is 28.9 Å². The van der Waals surface area contributed by atoms with E-state index in [1.165, 1.54) is 31.4 Å². The molecule has 1 amide bonds. The standard InChI is InChI=1S/C21H16FNO5S/c1-28-15-6-5-10(8-14(15)24)13-9-16(25)23-18-17(11-3-2-4-12(22)7-11)20(21(26)27)29-19(13)18/h2-8,13,24H,9H2,1H3,(H,23,25)(H,26,27). The Kier molecular flexibility index (Phi) is 4.71. The van der Waals surface area contributed by atoms with Crippen molar-refractivity contribution in [2.45, 2.75) is 12.3 Å². The SMILES string of the molecule is COc1ccc(C2CC(=O)Nc3c2sc(C(=O)O)c3-c2cccc(F)c2)cc1O. The summed E-state index contributed by atoms with van der Waals surface area (Å²) in [7, 11) is 1.44. The second kappa shape index (κ2) is 7.21. The number of thiophene rings is 1. The van der Waals surface area contributed by atoms with Gasteiger partial charge in [0.25, 0.3) is 0 Å². The number of hydrogen-bond acceptors (Lipinski definition) is 5. The lowest BCUT2D eigenvalue weighted by atomic mass is 9.88. The molecule has 0 radical (unpaired) electrons. The molecular formula is C21H16FNO5S. The van der Waals surface area contributed by atoms with Gasteiger partial charge in [-0.3, -0.25) is 4.79 Å². The van der Waals surface area contributed by atoms with E-state index >= 15 is 0 Å². The first-order chi connectivity index (χ1) is 13.9. The van der Waals surface area contributed by atoms with Gasteiger partial charge in [-0.2, -0.15) is 0 Å². The summed E-state index contributed by atoms with van der Waals surface area (Å²) in [6, 6.07) is 10.4. The van der Waals surface area contributed by atoms with E-state index in [0.717, 1.165) is 11.3 Å². The number of rotatable bonds is 4. The van der Waals surface area contributed by atoms with Crippen LogP contribution >= 0.6 is 11.3 Å². The van der Waals surface area contributed by atoms with Crippen molar-refractivity contribution in [3.63, 3.8) is 0 Å². The molecule has 1 aliphatic heterocycles. The summed E-state index contributed by atoms with van der Waals surface area (Å²) < 4.78 is 18.8. The van der Waals surface area contributed by atoms with Gasteiger partial charge in [0, 0.05) is 22.8 Å². The van der Waals surface area contributed by atoms with Crippen LogP contribution in [0.3, 0.4) is 0 Å². The number of nitrogens with one attached hydrogen (secondary N) is 1. The molecular weight excluding hydrogens is 397 g/mol. The van der Waals surface area contributed by atoms with E-state index in [1.54, 1.807) is 18.2 Å². The Labute approximate surface area is 169 Å². The molecule has 148 valence electrons. The van der Waals surface area contributed by atoms with E-state index in [4.69, 9.17) is 4.74 Å². The molecule has 29 heavy (non-hydrogen) atoms. The lowest BCUT2D eigenvalue weighted by Crippen LogP contribution is -2.22. The van der Waals surface area contributed by atoms with Crippen LogP contribution in [-0.4, -0.2) is 29.2 Å². The molecule has 1 atom stereocenters.